The lowest BCUT2D eigenvalue weighted by molar-refractivity contribution is -0.0688. The molecule has 1 N–H and O–H groups in total. The molecule has 26 heavy (non-hydrogen) atoms. The summed E-state index contributed by atoms with van der Waals surface area (Å²) in [5, 5.41) is 3.20. The molecule has 1 amide bonds. The zero-order valence-corrected chi connectivity index (χ0v) is 15.7. The number of nitrogens with one attached hydrogen (secondary N) is 1. The zero-order valence-electron chi connectivity index (χ0n) is 15.7. The fourth-order valence-corrected chi connectivity index (χ4v) is 6.01. The average molecular weight is 356 g/mol. The van der Waals surface area contributed by atoms with Crippen LogP contribution in [0.1, 0.15) is 73.3 Å². The molecular weight excluding hydrogens is 328 g/mol. The van der Waals surface area contributed by atoms with Gasteiger partial charge in [0.15, 0.2) is 0 Å². The number of amides is 1. The molecule has 4 aliphatic carbocycles. The molecule has 1 atom stereocenters. The first-order chi connectivity index (χ1) is 12.5. The van der Waals surface area contributed by atoms with Crippen LogP contribution < -0.4 is 5.32 Å². The lowest BCUT2D eigenvalue weighted by atomic mass is 9.48. The van der Waals surface area contributed by atoms with Crippen molar-refractivity contribution in [1.82, 2.24) is 10.3 Å². The Morgan fingerprint density at radius 2 is 1.73 bits per heavy atom. The molecule has 4 aliphatic rings. The predicted octanol–water partition coefficient (Wildman–Crippen LogP) is 3.59. The largest absolute Gasteiger partial charge is 0.461 e. The van der Waals surface area contributed by atoms with E-state index in [1.165, 1.54) is 38.5 Å². The summed E-state index contributed by atoms with van der Waals surface area (Å²) in [7, 11) is 0. The van der Waals surface area contributed by atoms with Crippen molar-refractivity contribution in [3.8, 4) is 0 Å². The number of hydrogen-bond acceptors (Lipinski definition) is 4. The Bertz CT molecular complexity index is 680. The molecule has 5 heteroatoms. The van der Waals surface area contributed by atoms with Gasteiger partial charge in [0.2, 0.25) is 0 Å². The molecule has 0 aromatic carbocycles. The third kappa shape index (κ3) is 3.12. The van der Waals surface area contributed by atoms with E-state index in [1.807, 2.05) is 0 Å². The van der Waals surface area contributed by atoms with Gasteiger partial charge in [0.1, 0.15) is 11.4 Å². The molecule has 5 rings (SSSR count). The normalized spacial score (nSPS) is 32.9. The predicted molar refractivity (Wildman–Crippen MR) is 97.7 cm³/mol. The standard InChI is InChI=1S/C21H28N2O3/c1-3-26-20(25)18-6-4-5-17(23-18)19(24)22-13(2)21-10-14-7-15(11-21)9-16(8-14)12-21/h4-6,13-16H,3,7-12H2,1-2H3,(H,22,24). The van der Waals surface area contributed by atoms with Gasteiger partial charge in [-0.2, -0.15) is 0 Å². The fraction of sp³-hybridized carbons (Fsp3) is 0.667. The van der Waals surface area contributed by atoms with Crippen molar-refractivity contribution in [1.29, 1.82) is 0 Å². The van der Waals surface area contributed by atoms with Crippen molar-refractivity contribution in [2.24, 2.45) is 23.2 Å². The minimum Gasteiger partial charge on any atom is -0.461 e. The van der Waals surface area contributed by atoms with Gasteiger partial charge in [-0.3, -0.25) is 4.79 Å². The van der Waals surface area contributed by atoms with Crippen molar-refractivity contribution in [3.05, 3.63) is 29.6 Å². The Labute approximate surface area is 154 Å². The molecule has 4 saturated carbocycles. The van der Waals surface area contributed by atoms with E-state index >= 15 is 0 Å². The van der Waals surface area contributed by atoms with Crippen molar-refractivity contribution >= 4 is 11.9 Å². The van der Waals surface area contributed by atoms with E-state index in [9.17, 15) is 9.59 Å². The number of hydrogen-bond donors (Lipinski definition) is 1. The van der Waals surface area contributed by atoms with Crippen molar-refractivity contribution in [2.45, 2.75) is 58.4 Å². The Hall–Kier alpha value is -1.91. The number of nitrogens with zero attached hydrogens (tertiary/aromatic N) is 1. The van der Waals surface area contributed by atoms with Crippen LogP contribution in [0.3, 0.4) is 0 Å². The summed E-state index contributed by atoms with van der Waals surface area (Å²) in [6.07, 6.45) is 7.92. The van der Waals surface area contributed by atoms with Gasteiger partial charge in [-0.15, -0.1) is 0 Å². The number of ether oxygens (including phenoxy) is 1. The Balaban J connectivity index is 1.46. The number of pyridine rings is 1. The van der Waals surface area contributed by atoms with Crippen LogP contribution in [0.4, 0.5) is 0 Å². The molecule has 0 radical (unpaired) electrons. The molecule has 0 aliphatic heterocycles. The van der Waals surface area contributed by atoms with Gasteiger partial charge < -0.3 is 10.1 Å². The van der Waals surface area contributed by atoms with Crippen LogP contribution in [0.15, 0.2) is 18.2 Å². The first-order valence-electron chi connectivity index (χ1n) is 9.94. The molecule has 4 bridgehead atoms. The van der Waals surface area contributed by atoms with Gasteiger partial charge in [-0.25, -0.2) is 9.78 Å². The molecule has 1 unspecified atom stereocenters. The van der Waals surface area contributed by atoms with E-state index in [0.717, 1.165) is 17.8 Å². The summed E-state index contributed by atoms with van der Waals surface area (Å²) in [5.41, 5.74) is 0.720. The summed E-state index contributed by atoms with van der Waals surface area (Å²) in [6.45, 7) is 4.20. The van der Waals surface area contributed by atoms with Crippen LogP contribution in [0.2, 0.25) is 0 Å². The van der Waals surface area contributed by atoms with Gasteiger partial charge in [0.05, 0.1) is 6.61 Å². The van der Waals surface area contributed by atoms with Crippen LogP contribution in [0.5, 0.6) is 0 Å². The summed E-state index contributed by atoms with van der Waals surface area (Å²) >= 11 is 0. The SMILES string of the molecule is CCOC(=O)c1cccc(C(=O)NC(C)C23CC4CC(CC(C4)C2)C3)n1. The molecule has 1 aromatic heterocycles. The van der Waals surface area contributed by atoms with Crippen molar-refractivity contribution in [2.75, 3.05) is 6.61 Å². The fourth-order valence-electron chi connectivity index (χ4n) is 6.01. The molecule has 4 fully saturated rings. The first kappa shape index (κ1) is 17.5. The van der Waals surface area contributed by atoms with E-state index in [2.05, 4.69) is 17.2 Å². The smallest absolute Gasteiger partial charge is 0.356 e. The van der Waals surface area contributed by atoms with Crippen LogP contribution in [-0.2, 0) is 4.74 Å². The Morgan fingerprint density at radius 3 is 2.31 bits per heavy atom. The number of carbonyl (C=O) groups excluding carboxylic acids is 2. The highest BCUT2D eigenvalue weighted by Gasteiger charge is 2.53. The van der Waals surface area contributed by atoms with Crippen LogP contribution in [0.25, 0.3) is 0 Å². The second-order valence-electron chi connectivity index (χ2n) is 8.60. The van der Waals surface area contributed by atoms with E-state index in [4.69, 9.17) is 4.74 Å². The number of rotatable bonds is 5. The lowest BCUT2D eigenvalue weighted by Crippen LogP contribution is -2.55. The van der Waals surface area contributed by atoms with E-state index < -0.39 is 5.97 Å². The van der Waals surface area contributed by atoms with Gasteiger partial charge in [-0.1, -0.05) is 6.07 Å². The highest BCUT2D eigenvalue weighted by Crippen LogP contribution is 2.61. The summed E-state index contributed by atoms with van der Waals surface area (Å²) in [6, 6.07) is 5.06. The highest BCUT2D eigenvalue weighted by molar-refractivity contribution is 5.94. The second-order valence-corrected chi connectivity index (χ2v) is 8.60. The average Bonchev–Trinajstić information content (AvgIpc) is 2.61. The number of carbonyl (C=O) groups is 2. The molecule has 1 aromatic rings. The van der Waals surface area contributed by atoms with Gasteiger partial charge >= 0.3 is 5.97 Å². The highest BCUT2D eigenvalue weighted by atomic mass is 16.5. The summed E-state index contributed by atoms with van der Waals surface area (Å²) < 4.78 is 4.98. The molecule has 0 saturated heterocycles. The molecule has 1 heterocycles. The molecule has 0 spiro atoms. The molecule has 140 valence electrons. The van der Waals surface area contributed by atoms with Gasteiger partial charge in [-0.05, 0) is 87.7 Å². The van der Waals surface area contributed by atoms with E-state index in [0.29, 0.717) is 6.61 Å². The summed E-state index contributed by atoms with van der Waals surface area (Å²) in [4.78, 5) is 28.8. The van der Waals surface area contributed by atoms with E-state index in [1.54, 1.807) is 25.1 Å². The lowest BCUT2D eigenvalue weighted by Gasteiger charge is -2.59. The third-order valence-corrected chi connectivity index (χ3v) is 6.82. The maximum atomic E-state index is 12.8. The van der Waals surface area contributed by atoms with Gasteiger partial charge in [0, 0.05) is 6.04 Å². The minimum absolute atomic E-state index is 0.136. The third-order valence-electron chi connectivity index (χ3n) is 6.82. The monoisotopic (exact) mass is 356 g/mol. The van der Waals surface area contributed by atoms with Crippen LogP contribution >= 0.6 is 0 Å². The molecular formula is C21H28N2O3. The zero-order chi connectivity index (χ0) is 18.3. The topological polar surface area (TPSA) is 68.3 Å². The maximum absolute atomic E-state index is 12.8. The van der Waals surface area contributed by atoms with Gasteiger partial charge in [0.25, 0.3) is 5.91 Å². The Morgan fingerprint density at radius 1 is 1.15 bits per heavy atom. The van der Waals surface area contributed by atoms with E-state index in [-0.39, 0.29) is 28.8 Å². The van der Waals surface area contributed by atoms with Crippen LogP contribution in [0, 0.1) is 23.2 Å². The van der Waals surface area contributed by atoms with Crippen LogP contribution in [-0.4, -0.2) is 29.5 Å². The minimum atomic E-state index is -0.490. The molecule has 5 nitrogen and oxygen atoms in total. The summed E-state index contributed by atoms with van der Waals surface area (Å²) in [5.74, 6) is 1.87. The number of esters is 1. The van der Waals surface area contributed by atoms with Crippen molar-refractivity contribution < 1.29 is 14.3 Å². The Kier molecular flexibility index (Phi) is 4.49. The quantitative estimate of drug-likeness (QED) is 0.819. The second kappa shape index (κ2) is 6.67. The number of aromatic nitrogens is 1. The maximum Gasteiger partial charge on any atom is 0.356 e. The van der Waals surface area contributed by atoms with Crippen molar-refractivity contribution in [3.63, 3.8) is 0 Å². The first-order valence-corrected chi connectivity index (χ1v) is 9.94.